The lowest BCUT2D eigenvalue weighted by molar-refractivity contribution is 0.0222. The molecule has 0 amide bonds. The quantitative estimate of drug-likeness (QED) is 0.798. The van der Waals surface area contributed by atoms with Gasteiger partial charge in [0.15, 0.2) is 5.82 Å². The predicted molar refractivity (Wildman–Crippen MR) is 110 cm³/mol. The molecule has 1 atom stereocenters. The fourth-order valence-corrected chi connectivity index (χ4v) is 5.22. The average Bonchev–Trinajstić information content (AvgIpc) is 3.10. The third-order valence-electron chi connectivity index (χ3n) is 7.06. The van der Waals surface area contributed by atoms with E-state index in [0.717, 1.165) is 62.8 Å². The lowest BCUT2D eigenvalue weighted by atomic mass is 9.83. The SMILES string of the molecule is CN1CCCCC1c1nnc(N2CCC3(CCc4ccccc4O3)CC2)n1C. The molecule has 150 valence electrons. The first kappa shape index (κ1) is 18.0. The zero-order valence-electron chi connectivity index (χ0n) is 17.1. The smallest absolute Gasteiger partial charge is 0.227 e. The molecular formula is C22H31N5O. The van der Waals surface area contributed by atoms with Crippen molar-refractivity contribution in [3.8, 4) is 5.75 Å². The van der Waals surface area contributed by atoms with Gasteiger partial charge >= 0.3 is 0 Å². The lowest BCUT2D eigenvalue weighted by Gasteiger charge is -2.44. The van der Waals surface area contributed by atoms with Gasteiger partial charge in [-0.2, -0.15) is 0 Å². The van der Waals surface area contributed by atoms with E-state index in [-0.39, 0.29) is 5.60 Å². The predicted octanol–water partition coefficient (Wildman–Crippen LogP) is 3.34. The first-order valence-corrected chi connectivity index (χ1v) is 10.8. The highest BCUT2D eigenvalue weighted by atomic mass is 16.5. The molecule has 1 spiro atoms. The largest absolute Gasteiger partial charge is 0.487 e. The molecule has 1 aromatic carbocycles. The number of hydrogen-bond acceptors (Lipinski definition) is 5. The molecule has 3 aliphatic rings. The second-order valence-electron chi connectivity index (χ2n) is 8.79. The van der Waals surface area contributed by atoms with Crippen LogP contribution in [0.25, 0.3) is 0 Å². The molecule has 0 N–H and O–H groups in total. The molecule has 0 radical (unpaired) electrons. The van der Waals surface area contributed by atoms with Gasteiger partial charge in [-0.3, -0.25) is 9.47 Å². The van der Waals surface area contributed by atoms with Crippen molar-refractivity contribution < 1.29 is 4.74 Å². The normalized spacial score (nSPS) is 24.8. The van der Waals surface area contributed by atoms with Gasteiger partial charge in [-0.1, -0.05) is 24.6 Å². The Labute approximate surface area is 167 Å². The van der Waals surface area contributed by atoms with Crippen LogP contribution in [0.3, 0.4) is 0 Å². The number of likely N-dealkylation sites (tertiary alicyclic amines) is 1. The summed E-state index contributed by atoms with van der Waals surface area (Å²) in [5.74, 6) is 3.21. The van der Waals surface area contributed by atoms with Gasteiger partial charge in [-0.25, -0.2) is 0 Å². The van der Waals surface area contributed by atoms with Crippen molar-refractivity contribution in [3.05, 3.63) is 35.7 Å². The molecule has 2 fully saturated rings. The summed E-state index contributed by atoms with van der Waals surface area (Å²) >= 11 is 0. The molecule has 0 saturated carbocycles. The molecule has 0 bridgehead atoms. The average molecular weight is 382 g/mol. The van der Waals surface area contributed by atoms with Crippen LogP contribution < -0.4 is 9.64 Å². The standard InChI is InChI=1S/C22H31N5O/c1-25-14-6-5-8-18(25)20-23-24-21(26(20)2)27-15-12-22(13-16-27)11-10-17-7-3-4-9-19(17)28-22/h3-4,7,9,18H,5-6,8,10-16H2,1-2H3. The van der Waals surface area contributed by atoms with Crippen LogP contribution in [-0.4, -0.2) is 51.9 Å². The molecule has 6 heteroatoms. The van der Waals surface area contributed by atoms with Crippen LogP contribution in [0.15, 0.2) is 24.3 Å². The van der Waals surface area contributed by atoms with E-state index in [2.05, 4.69) is 62.9 Å². The van der Waals surface area contributed by atoms with E-state index >= 15 is 0 Å². The van der Waals surface area contributed by atoms with Crippen LogP contribution in [0, 0.1) is 0 Å². The Morgan fingerprint density at radius 2 is 1.82 bits per heavy atom. The Kier molecular flexibility index (Phi) is 4.54. The molecular weight excluding hydrogens is 350 g/mol. The third kappa shape index (κ3) is 3.08. The highest BCUT2D eigenvalue weighted by molar-refractivity contribution is 5.38. The number of rotatable bonds is 2. The van der Waals surface area contributed by atoms with Gasteiger partial charge in [-0.05, 0) is 50.9 Å². The fraction of sp³-hybridized carbons (Fsp3) is 0.636. The number of aryl methyl sites for hydroxylation is 1. The summed E-state index contributed by atoms with van der Waals surface area (Å²) < 4.78 is 8.74. The molecule has 1 aromatic heterocycles. The Bertz CT molecular complexity index is 839. The number of piperidine rings is 2. The summed E-state index contributed by atoms with van der Waals surface area (Å²) in [4.78, 5) is 4.82. The highest BCUT2D eigenvalue weighted by Crippen LogP contribution is 2.40. The van der Waals surface area contributed by atoms with Crippen molar-refractivity contribution in [1.29, 1.82) is 0 Å². The minimum absolute atomic E-state index is 0.00410. The van der Waals surface area contributed by atoms with Crippen LogP contribution in [0.1, 0.15) is 56.0 Å². The van der Waals surface area contributed by atoms with E-state index in [1.807, 2.05) is 0 Å². The zero-order valence-corrected chi connectivity index (χ0v) is 17.1. The van der Waals surface area contributed by atoms with E-state index < -0.39 is 0 Å². The molecule has 2 saturated heterocycles. The van der Waals surface area contributed by atoms with Gasteiger partial charge < -0.3 is 9.64 Å². The summed E-state index contributed by atoms with van der Waals surface area (Å²) in [6.07, 6.45) is 8.09. The van der Waals surface area contributed by atoms with Crippen LogP contribution >= 0.6 is 0 Å². The zero-order chi connectivity index (χ0) is 19.1. The number of anilines is 1. The van der Waals surface area contributed by atoms with Crippen molar-refractivity contribution in [2.45, 2.75) is 56.6 Å². The lowest BCUT2D eigenvalue weighted by Crippen LogP contribution is -2.50. The second-order valence-corrected chi connectivity index (χ2v) is 8.79. The van der Waals surface area contributed by atoms with Crippen molar-refractivity contribution in [2.24, 2.45) is 7.05 Å². The van der Waals surface area contributed by atoms with Crippen molar-refractivity contribution in [3.63, 3.8) is 0 Å². The number of para-hydroxylation sites is 1. The topological polar surface area (TPSA) is 46.4 Å². The van der Waals surface area contributed by atoms with E-state index in [1.165, 1.54) is 24.8 Å². The van der Waals surface area contributed by atoms with Crippen LogP contribution in [0.4, 0.5) is 5.95 Å². The van der Waals surface area contributed by atoms with E-state index in [9.17, 15) is 0 Å². The minimum Gasteiger partial charge on any atom is -0.487 e. The molecule has 1 unspecified atom stereocenters. The minimum atomic E-state index is -0.00410. The summed E-state index contributed by atoms with van der Waals surface area (Å²) in [5.41, 5.74) is 1.35. The summed E-state index contributed by atoms with van der Waals surface area (Å²) in [6, 6.07) is 8.90. The molecule has 28 heavy (non-hydrogen) atoms. The summed E-state index contributed by atoms with van der Waals surface area (Å²) in [6.45, 7) is 3.11. The fourth-order valence-electron chi connectivity index (χ4n) is 5.22. The Morgan fingerprint density at radius 3 is 2.64 bits per heavy atom. The van der Waals surface area contributed by atoms with Gasteiger partial charge in [0.2, 0.25) is 5.95 Å². The Hall–Kier alpha value is -2.08. The van der Waals surface area contributed by atoms with Gasteiger partial charge in [0.25, 0.3) is 0 Å². The number of benzene rings is 1. The maximum atomic E-state index is 6.51. The molecule has 6 nitrogen and oxygen atoms in total. The van der Waals surface area contributed by atoms with Crippen molar-refractivity contribution >= 4 is 5.95 Å². The monoisotopic (exact) mass is 381 g/mol. The van der Waals surface area contributed by atoms with Gasteiger partial charge in [0, 0.05) is 33.0 Å². The molecule has 5 rings (SSSR count). The van der Waals surface area contributed by atoms with Crippen molar-refractivity contribution in [1.82, 2.24) is 19.7 Å². The van der Waals surface area contributed by atoms with Crippen LogP contribution in [0.5, 0.6) is 5.75 Å². The number of nitrogens with zero attached hydrogens (tertiary/aromatic N) is 5. The number of ether oxygens (including phenoxy) is 1. The highest BCUT2D eigenvalue weighted by Gasteiger charge is 2.40. The number of aromatic nitrogens is 3. The first-order chi connectivity index (χ1) is 13.7. The molecule has 0 aliphatic carbocycles. The van der Waals surface area contributed by atoms with E-state index in [4.69, 9.17) is 4.74 Å². The molecule has 4 heterocycles. The maximum absolute atomic E-state index is 6.51. The second kappa shape index (κ2) is 7.07. The van der Waals surface area contributed by atoms with Crippen LogP contribution in [0.2, 0.25) is 0 Å². The third-order valence-corrected chi connectivity index (χ3v) is 7.06. The first-order valence-electron chi connectivity index (χ1n) is 10.8. The van der Waals surface area contributed by atoms with Gasteiger partial charge in [-0.15, -0.1) is 10.2 Å². The summed E-state index contributed by atoms with van der Waals surface area (Å²) in [7, 11) is 4.34. The number of hydrogen-bond donors (Lipinski definition) is 0. The number of fused-ring (bicyclic) bond motifs is 1. The molecule has 3 aliphatic heterocycles. The van der Waals surface area contributed by atoms with Gasteiger partial charge in [0.1, 0.15) is 11.4 Å². The van der Waals surface area contributed by atoms with Gasteiger partial charge in [0.05, 0.1) is 6.04 Å². The Balaban J connectivity index is 1.29. The Morgan fingerprint density at radius 1 is 1.00 bits per heavy atom. The van der Waals surface area contributed by atoms with E-state index in [1.54, 1.807) is 0 Å². The maximum Gasteiger partial charge on any atom is 0.227 e. The summed E-state index contributed by atoms with van der Waals surface area (Å²) in [5, 5.41) is 9.19. The van der Waals surface area contributed by atoms with Crippen LogP contribution in [-0.2, 0) is 13.5 Å². The molecule has 2 aromatic rings. The van der Waals surface area contributed by atoms with E-state index in [0.29, 0.717) is 6.04 Å². The van der Waals surface area contributed by atoms with Crippen molar-refractivity contribution in [2.75, 3.05) is 31.6 Å².